The van der Waals surface area contributed by atoms with Gasteiger partial charge in [-0.2, -0.15) is 0 Å². The second kappa shape index (κ2) is 21.7. The van der Waals surface area contributed by atoms with E-state index in [-0.39, 0.29) is 0 Å². The fraction of sp³-hybridized carbons (Fsp3) is 0.968. The molecular formula is C31H61NO2. The van der Waals surface area contributed by atoms with Crippen molar-refractivity contribution in [2.24, 2.45) is 11.8 Å². The zero-order chi connectivity index (χ0) is 24.9. The summed E-state index contributed by atoms with van der Waals surface area (Å²) in [4.78, 5) is 13.0. The Morgan fingerprint density at radius 1 is 0.676 bits per heavy atom. The molecule has 1 rings (SSSR count). The third-order valence-corrected chi connectivity index (χ3v) is 8.27. The van der Waals surface area contributed by atoms with Crippen LogP contribution in [0.3, 0.4) is 0 Å². The van der Waals surface area contributed by atoms with Crippen LogP contribution in [0.1, 0.15) is 161 Å². The first-order valence-electron chi connectivity index (χ1n) is 15.4. The van der Waals surface area contributed by atoms with Crippen LogP contribution in [0.25, 0.3) is 0 Å². The summed E-state index contributed by atoms with van der Waals surface area (Å²) < 4.78 is 0. The van der Waals surface area contributed by atoms with E-state index in [4.69, 9.17) is 5.11 Å². The Balaban J connectivity index is 1.85. The summed E-state index contributed by atoms with van der Waals surface area (Å²) in [6, 6.07) is 0.798. The van der Waals surface area contributed by atoms with Crippen LogP contribution in [0.5, 0.6) is 0 Å². The number of nitrogens with zero attached hydrogens (tertiary/aromatic N) is 1. The van der Waals surface area contributed by atoms with Crippen molar-refractivity contribution in [3.05, 3.63) is 0 Å². The molecule has 1 fully saturated rings. The minimum absolute atomic E-state index is 0.348. The molecule has 0 spiro atoms. The van der Waals surface area contributed by atoms with E-state index in [0.29, 0.717) is 6.42 Å². The van der Waals surface area contributed by atoms with Gasteiger partial charge in [-0.1, -0.05) is 129 Å². The maximum absolute atomic E-state index is 10.5. The SMILES string of the molecule is CCCCCCCCCC(CCCCCCCCC1CC1CCCCCCCC(=O)O)N(C)C. The molecule has 0 bridgehead atoms. The van der Waals surface area contributed by atoms with Crippen LogP contribution in [0.15, 0.2) is 0 Å². The van der Waals surface area contributed by atoms with Crippen LogP contribution in [-0.4, -0.2) is 36.1 Å². The molecule has 3 heteroatoms. The predicted molar refractivity (Wildman–Crippen MR) is 149 cm³/mol. The minimum Gasteiger partial charge on any atom is -0.481 e. The Hall–Kier alpha value is -0.570. The lowest BCUT2D eigenvalue weighted by atomic mass is 9.99. The molecule has 0 radical (unpaired) electrons. The molecule has 3 atom stereocenters. The van der Waals surface area contributed by atoms with Gasteiger partial charge < -0.3 is 10.0 Å². The van der Waals surface area contributed by atoms with Crippen LogP contribution in [0.2, 0.25) is 0 Å². The van der Waals surface area contributed by atoms with E-state index in [9.17, 15) is 4.79 Å². The molecule has 0 aromatic heterocycles. The van der Waals surface area contributed by atoms with Crippen molar-refractivity contribution in [2.75, 3.05) is 14.1 Å². The van der Waals surface area contributed by atoms with Crippen molar-refractivity contribution in [3.8, 4) is 0 Å². The highest BCUT2D eigenvalue weighted by Gasteiger charge is 2.34. The maximum Gasteiger partial charge on any atom is 0.303 e. The van der Waals surface area contributed by atoms with Crippen LogP contribution < -0.4 is 0 Å². The lowest BCUT2D eigenvalue weighted by Gasteiger charge is -2.24. The van der Waals surface area contributed by atoms with Crippen molar-refractivity contribution in [3.63, 3.8) is 0 Å². The summed E-state index contributed by atoms with van der Waals surface area (Å²) in [5, 5.41) is 8.66. The molecule has 0 aliphatic heterocycles. The van der Waals surface area contributed by atoms with E-state index < -0.39 is 5.97 Å². The number of hydrogen-bond donors (Lipinski definition) is 1. The molecule has 0 aromatic rings. The summed E-state index contributed by atoms with van der Waals surface area (Å²) in [5.41, 5.74) is 0. The third-order valence-electron chi connectivity index (χ3n) is 8.27. The van der Waals surface area contributed by atoms with Gasteiger partial charge in [-0.25, -0.2) is 0 Å². The van der Waals surface area contributed by atoms with Gasteiger partial charge >= 0.3 is 5.97 Å². The van der Waals surface area contributed by atoms with Gasteiger partial charge in [0.05, 0.1) is 0 Å². The summed E-state index contributed by atoms with van der Waals surface area (Å²) in [6.07, 6.45) is 31.9. The molecule has 202 valence electrons. The highest BCUT2D eigenvalue weighted by molar-refractivity contribution is 5.66. The first kappa shape index (κ1) is 31.5. The average molecular weight is 480 g/mol. The van der Waals surface area contributed by atoms with E-state index in [1.54, 1.807) is 0 Å². The van der Waals surface area contributed by atoms with Crippen LogP contribution >= 0.6 is 0 Å². The summed E-state index contributed by atoms with van der Waals surface area (Å²) in [6.45, 7) is 2.30. The molecule has 1 N–H and O–H groups in total. The minimum atomic E-state index is -0.645. The zero-order valence-electron chi connectivity index (χ0n) is 23.5. The second-order valence-corrected chi connectivity index (χ2v) is 11.7. The van der Waals surface area contributed by atoms with E-state index in [2.05, 4.69) is 25.9 Å². The van der Waals surface area contributed by atoms with Crippen LogP contribution in [0.4, 0.5) is 0 Å². The van der Waals surface area contributed by atoms with Gasteiger partial charge in [-0.05, 0) is 51.6 Å². The molecule has 0 amide bonds. The molecule has 1 aliphatic carbocycles. The Morgan fingerprint density at radius 2 is 1.09 bits per heavy atom. The van der Waals surface area contributed by atoms with E-state index in [1.807, 2.05) is 0 Å². The Bertz CT molecular complexity index is 464. The summed E-state index contributed by atoms with van der Waals surface area (Å²) in [7, 11) is 4.55. The number of rotatable bonds is 26. The lowest BCUT2D eigenvalue weighted by molar-refractivity contribution is -0.137. The highest BCUT2D eigenvalue weighted by Crippen LogP contribution is 2.45. The highest BCUT2D eigenvalue weighted by atomic mass is 16.4. The topological polar surface area (TPSA) is 40.5 Å². The molecule has 34 heavy (non-hydrogen) atoms. The molecule has 3 unspecified atom stereocenters. The number of aliphatic carboxylic acids is 1. The van der Waals surface area contributed by atoms with Crippen molar-refractivity contribution in [2.45, 2.75) is 167 Å². The molecular weight excluding hydrogens is 418 g/mol. The molecule has 1 saturated carbocycles. The summed E-state index contributed by atoms with van der Waals surface area (Å²) >= 11 is 0. The first-order valence-corrected chi connectivity index (χ1v) is 15.4. The number of unbranched alkanes of at least 4 members (excludes halogenated alkanes) is 15. The zero-order valence-corrected chi connectivity index (χ0v) is 23.5. The molecule has 3 nitrogen and oxygen atoms in total. The number of carbonyl (C=O) groups is 1. The van der Waals surface area contributed by atoms with Gasteiger partial charge in [0, 0.05) is 12.5 Å². The van der Waals surface area contributed by atoms with Crippen molar-refractivity contribution in [1.29, 1.82) is 0 Å². The largest absolute Gasteiger partial charge is 0.481 e. The van der Waals surface area contributed by atoms with Crippen molar-refractivity contribution in [1.82, 2.24) is 4.90 Å². The average Bonchev–Trinajstić information content (AvgIpc) is 3.55. The summed E-state index contributed by atoms with van der Waals surface area (Å²) in [5.74, 6) is 1.42. The normalized spacial score (nSPS) is 18.5. The quantitative estimate of drug-likeness (QED) is 0.125. The van der Waals surface area contributed by atoms with Crippen LogP contribution in [0, 0.1) is 11.8 Å². The first-order chi connectivity index (χ1) is 16.5. The Kier molecular flexibility index (Phi) is 20.1. The van der Waals surface area contributed by atoms with Crippen LogP contribution in [-0.2, 0) is 4.79 Å². The monoisotopic (exact) mass is 479 g/mol. The Morgan fingerprint density at radius 3 is 1.53 bits per heavy atom. The fourth-order valence-corrected chi connectivity index (χ4v) is 5.72. The van der Waals surface area contributed by atoms with Gasteiger partial charge in [-0.15, -0.1) is 0 Å². The molecule has 0 aromatic carbocycles. The standard InChI is InChI=1S/C31H61NO2/c1-4-5-6-7-8-14-19-24-30(32(2)3)25-20-15-10-9-12-17-22-28-27-29(28)23-18-13-11-16-21-26-31(33)34/h28-30H,4-27H2,1-3H3,(H,33,34). The third kappa shape index (κ3) is 18.7. The fourth-order valence-electron chi connectivity index (χ4n) is 5.72. The predicted octanol–water partition coefficient (Wildman–Crippen LogP) is 9.63. The smallest absolute Gasteiger partial charge is 0.303 e. The Labute approximate surface area is 213 Å². The van der Waals surface area contributed by atoms with Gasteiger partial charge in [0.15, 0.2) is 0 Å². The number of carboxylic acid groups (broad SMARTS) is 1. The van der Waals surface area contributed by atoms with E-state index in [0.717, 1.165) is 30.7 Å². The van der Waals surface area contributed by atoms with Gasteiger partial charge in [0.2, 0.25) is 0 Å². The second-order valence-electron chi connectivity index (χ2n) is 11.7. The number of carboxylic acids is 1. The van der Waals surface area contributed by atoms with Gasteiger partial charge in [0.1, 0.15) is 0 Å². The molecule has 1 aliphatic rings. The van der Waals surface area contributed by atoms with E-state index >= 15 is 0 Å². The lowest BCUT2D eigenvalue weighted by Crippen LogP contribution is -2.27. The van der Waals surface area contributed by atoms with Gasteiger partial charge in [0.25, 0.3) is 0 Å². The van der Waals surface area contributed by atoms with E-state index in [1.165, 1.54) is 135 Å². The van der Waals surface area contributed by atoms with Gasteiger partial charge in [-0.3, -0.25) is 4.79 Å². The maximum atomic E-state index is 10.5. The number of hydrogen-bond acceptors (Lipinski definition) is 2. The molecule has 0 saturated heterocycles. The molecule has 0 heterocycles. The van der Waals surface area contributed by atoms with Crippen molar-refractivity contribution >= 4 is 5.97 Å². The van der Waals surface area contributed by atoms with Crippen molar-refractivity contribution < 1.29 is 9.90 Å².